The number of piperidine rings is 1. The first-order valence-electron chi connectivity index (χ1n) is 10.4. The van der Waals surface area contributed by atoms with Crippen LogP contribution in [0.2, 0.25) is 0 Å². The Morgan fingerprint density at radius 3 is 2.66 bits per heavy atom. The molecule has 0 unspecified atom stereocenters. The summed E-state index contributed by atoms with van der Waals surface area (Å²) in [4.78, 5) is 1.89. The van der Waals surface area contributed by atoms with Gasteiger partial charge in [0.05, 0.1) is 17.8 Å². The number of benzene rings is 2. The number of nitrogens with zero attached hydrogens (tertiary/aromatic N) is 4. The fourth-order valence-corrected chi connectivity index (χ4v) is 4.14. The van der Waals surface area contributed by atoms with Gasteiger partial charge in [0, 0.05) is 23.7 Å². The zero-order valence-electron chi connectivity index (χ0n) is 16.7. The highest BCUT2D eigenvalue weighted by Crippen LogP contribution is 2.32. The molecule has 1 aliphatic rings. The van der Waals surface area contributed by atoms with E-state index in [1.807, 2.05) is 17.1 Å². The number of hydrogen-bond donors (Lipinski definition) is 2. The second-order valence-corrected chi connectivity index (χ2v) is 7.56. The number of fused-ring (bicyclic) bond motifs is 1. The van der Waals surface area contributed by atoms with Crippen molar-refractivity contribution in [1.29, 1.82) is 0 Å². The van der Waals surface area contributed by atoms with Crippen molar-refractivity contribution in [2.24, 2.45) is 0 Å². The molecular weight excluding hydrogens is 360 g/mol. The molecule has 0 aliphatic carbocycles. The standard InChI is InChI=1S/C23H26N6/c1-2-25-29-22-9-8-18(17-6-4-3-5-7-17)14-21(22)23(27-29)19-15-26-28(16-19)20-10-12-24-13-11-20/h3-9,14-16,20,24-25H,2,10-13H2,1H3. The Morgan fingerprint density at radius 2 is 1.86 bits per heavy atom. The SMILES string of the molecule is CCNn1nc(-c2cnn(C3CCNCC3)c2)c2cc(-c3ccccc3)ccc21. The van der Waals surface area contributed by atoms with Gasteiger partial charge in [-0.05, 0) is 56.1 Å². The summed E-state index contributed by atoms with van der Waals surface area (Å²) >= 11 is 0. The van der Waals surface area contributed by atoms with Crippen molar-refractivity contribution in [1.82, 2.24) is 25.0 Å². The first-order valence-corrected chi connectivity index (χ1v) is 10.4. The molecule has 1 fully saturated rings. The van der Waals surface area contributed by atoms with Crippen LogP contribution in [0.25, 0.3) is 33.3 Å². The van der Waals surface area contributed by atoms with Crippen molar-refractivity contribution >= 4 is 10.9 Å². The highest BCUT2D eigenvalue weighted by atomic mass is 15.6. The predicted molar refractivity (Wildman–Crippen MR) is 117 cm³/mol. The fraction of sp³-hybridized carbons (Fsp3) is 0.304. The molecule has 0 atom stereocenters. The molecule has 2 aromatic heterocycles. The van der Waals surface area contributed by atoms with E-state index in [9.17, 15) is 0 Å². The quantitative estimate of drug-likeness (QED) is 0.543. The summed E-state index contributed by atoms with van der Waals surface area (Å²) in [6.07, 6.45) is 6.34. The lowest BCUT2D eigenvalue weighted by Crippen LogP contribution is -2.29. The van der Waals surface area contributed by atoms with Crippen molar-refractivity contribution in [3.8, 4) is 22.4 Å². The minimum absolute atomic E-state index is 0.465. The highest BCUT2D eigenvalue weighted by molar-refractivity contribution is 5.96. The van der Waals surface area contributed by atoms with E-state index in [2.05, 4.69) is 76.1 Å². The third-order valence-electron chi connectivity index (χ3n) is 5.65. The summed E-state index contributed by atoms with van der Waals surface area (Å²) in [5, 5.41) is 14.1. The topological polar surface area (TPSA) is 59.7 Å². The molecule has 148 valence electrons. The predicted octanol–water partition coefficient (Wildman–Crippen LogP) is 4.05. The molecule has 6 nitrogen and oxygen atoms in total. The Labute approximate surface area is 170 Å². The molecule has 5 rings (SSSR count). The smallest absolute Gasteiger partial charge is 0.105 e. The van der Waals surface area contributed by atoms with Crippen LogP contribution in [0.1, 0.15) is 25.8 Å². The second-order valence-electron chi connectivity index (χ2n) is 7.56. The summed E-state index contributed by atoms with van der Waals surface area (Å²) in [6.45, 7) is 5.00. The van der Waals surface area contributed by atoms with E-state index in [1.54, 1.807) is 0 Å². The average Bonchev–Trinajstić information content (AvgIpc) is 3.40. The van der Waals surface area contributed by atoms with E-state index in [4.69, 9.17) is 5.10 Å². The van der Waals surface area contributed by atoms with E-state index >= 15 is 0 Å². The zero-order valence-corrected chi connectivity index (χ0v) is 16.7. The van der Waals surface area contributed by atoms with Crippen molar-refractivity contribution in [2.45, 2.75) is 25.8 Å². The Hall–Kier alpha value is -3.12. The number of rotatable bonds is 5. The van der Waals surface area contributed by atoms with E-state index < -0.39 is 0 Å². The third kappa shape index (κ3) is 3.40. The molecule has 0 spiro atoms. The minimum atomic E-state index is 0.465. The van der Waals surface area contributed by atoms with Crippen LogP contribution in [0.5, 0.6) is 0 Å². The van der Waals surface area contributed by atoms with Gasteiger partial charge >= 0.3 is 0 Å². The van der Waals surface area contributed by atoms with Crippen LogP contribution in [0.3, 0.4) is 0 Å². The molecule has 29 heavy (non-hydrogen) atoms. The maximum Gasteiger partial charge on any atom is 0.105 e. The van der Waals surface area contributed by atoms with Gasteiger partial charge in [0.25, 0.3) is 0 Å². The lowest BCUT2D eigenvalue weighted by Gasteiger charge is -2.22. The average molecular weight is 387 g/mol. The van der Waals surface area contributed by atoms with Crippen molar-refractivity contribution in [3.05, 3.63) is 60.9 Å². The second kappa shape index (κ2) is 7.72. The molecule has 2 N–H and O–H groups in total. The molecule has 0 radical (unpaired) electrons. The van der Waals surface area contributed by atoms with E-state index in [0.29, 0.717) is 6.04 Å². The molecule has 3 heterocycles. The van der Waals surface area contributed by atoms with Gasteiger partial charge in [0.1, 0.15) is 5.69 Å². The first kappa shape index (κ1) is 17.9. The molecule has 6 heteroatoms. The maximum absolute atomic E-state index is 4.88. The van der Waals surface area contributed by atoms with Crippen molar-refractivity contribution in [2.75, 3.05) is 25.1 Å². The lowest BCUT2D eigenvalue weighted by atomic mass is 10.0. The molecule has 0 bridgehead atoms. The molecule has 2 aromatic carbocycles. The normalized spacial score (nSPS) is 15.1. The molecular formula is C23H26N6. The fourth-order valence-electron chi connectivity index (χ4n) is 4.14. The van der Waals surface area contributed by atoms with Gasteiger partial charge in [0.2, 0.25) is 0 Å². The maximum atomic E-state index is 4.88. The minimum Gasteiger partial charge on any atom is -0.317 e. The van der Waals surface area contributed by atoms with Gasteiger partial charge in [-0.1, -0.05) is 36.4 Å². The van der Waals surface area contributed by atoms with Crippen LogP contribution in [0.4, 0.5) is 0 Å². The Morgan fingerprint density at radius 1 is 1.03 bits per heavy atom. The Kier molecular flexibility index (Phi) is 4.77. The lowest BCUT2D eigenvalue weighted by molar-refractivity contribution is 0.343. The Bertz CT molecular complexity index is 1110. The molecule has 0 saturated carbocycles. The van der Waals surface area contributed by atoms with Crippen LogP contribution in [0.15, 0.2) is 60.9 Å². The molecule has 1 aliphatic heterocycles. The summed E-state index contributed by atoms with van der Waals surface area (Å²) in [5.41, 5.74) is 8.86. The van der Waals surface area contributed by atoms with Crippen molar-refractivity contribution in [3.63, 3.8) is 0 Å². The van der Waals surface area contributed by atoms with Crippen LogP contribution in [0, 0.1) is 0 Å². The molecule has 4 aromatic rings. The summed E-state index contributed by atoms with van der Waals surface area (Å²) in [6, 6.07) is 17.5. The monoisotopic (exact) mass is 386 g/mol. The zero-order chi connectivity index (χ0) is 19.6. The first-order chi connectivity index (χ1) is 14.3. The highest BCUT2D eigenvalue weighted by Gasteiger charge is 2.19. The van der Waals surface area contributed by atoms with E-state index in [1.165, 1.54) is 11.1 Å². The van der Waals surface area contributed by atoms with Crippen molar-refractivity contribution < 1.29 is 0 Å². The van der Waals surface area contributed by atoms with Crippen LogP contribution in [-0.2, 0) is 0 Å². The van der Waals surface area contributed by atoms with Gasteiger partial charge in [-0.15, -0.1) is 0 Å². The number of nitrogens with one attached hydrogen (secondary N) is 2. The number of aromatic nitrogens is 4. The largest absolute Gasteiger partial charge is 0.317 e. The van der Waals surface area contributed by atoms with Gasteiger partial charge in [0.15, 0.2) is 0 Å². The van der Waals surface area contributed by atoms with E-state index in [-0.39, 0.29) is 0 Å². The molecule has 0 amide bonds. The van der Waals surface area contributed by atoms with Crippen LogP contribution >= 0.6 is 0 Å². The third-order valence-corrected chi connectivity index (χ3v) is 5.65. The summed E-state index contributed by atoms with van der Waals surface area (Å²) in [7, 11) is 0. The van der Waals surface area contributed by atoms with Gasteiger partial charge < -0.3 is 10.7 Å². The number of hydrogen-bond acceptors (Lipinski definition) is 4. The Balaban J connectivity index is 1.59. The summed E-state index contributed by atoms with van der Waals surface area (Å²) < 4.78 is 2.12. The van der Waals surface area contributed by atoms with Gasteiger partial charge in [-0.25, -0.2) is 0 Å². The van der Waals surface area contributed by atoms with Crippen LogP contribution < -0.4 is 10.7 Å². The summed E-state index contributed by atoms with van der Waals surface area (Å²) in [5.74, 6) is 0. The van der Waals surface area contributed by atoms with Gasteiger partial charge in [-0.3, -0.25) is 4.68 Å². The molecule has 1 saturated heterocycles. The van der Waals surface area contributed by atoms with E-state index in [0.717, 1.165) is 54.6 Å². The van der Waals surface area contributed by atoms with Gasteiger partial charge in [-0.2, -0.15) is 15.0 Å². The van der Waals surface area contributed by atoms with Crippen LogP contribution in [-0.4, -0.2) is 39.3 Å².